The highest BCUT2D eigenvalue weighted by molar-refractivity contribution is 7.89. The first-order valence-electron chi connectivity index (χ1n) is 18.8. The third-order valence-electron chi connectivity index (χ3n) is 10.3. The summed E-state index contributed by atoms with van der Waals surface area (Å²) in [5, 5.41) is 2.91. The van der Waals surface area contributed by atoms with Gasteiger partial charge in [-0.15, -0.1) is 0 Å². The van der Waals surface area contributed by atoms with E-state index < -0.39 is 33.6 Å². The normalized spacial score (nSPS) is 19.8. The van der Waals surface area contributed by atoms with Crippen LogP contribution in [0.2, 0.25) is 0 Å². The molecule has 0 bridgehead atoms. The molecule has 3 aliphatic rings. The second kappa shape index (κ2) is 16.9. The number of halogens is 1. The number of carbonyl (C=O) groups excluding carboxylic acids is 2. The van der Waals surface area contributed by atoms with Crippen molar-refractivity contribution in [2.75, 3.05) is 39.3 Å². The standard InChI is InChI=1S/C40H52FN5O6S/c1-40(2,3)52-39(48)43-33-19-21-45(22-20-33)38(47)37-27-44(26-29-9-11-31(12-10-29)36-18-13-32(41)25-42-36)23-24-46(37)53(49,50)35-16-14-34(15-17-35)51-28-30-7-5-4-6-8-30/h9-18,25,30,33,37H,4-8,19-24,26-28H2,1-3H3,(H,43,48)/t37-/m0/s1. The maximum Gasteiger partial charge on any atom is 0.407 e. The molecule has 2 amide bonds. The van der Waals surface area contributed by atoms with Crippen molar-refractivity contribution in [3.8, 4) is 17.0 Å². The monoisotopic (exact) mass is 749 g/mol. The SMILES string of the molecule is CC(C)(C)OC(=O)NC1CCN(C(=O)[C@@H]2CN(Cc3ccc(-c4ccc(F)cn4)cc3)CCN2S(=O)(=O)c2ccc(OCC3CCCCC3)cc2)CC1. The summed E-state index contributed by atoms with van der Waals surface area (Å²) in [5.74, 6) is 0.515. The van der Waals surface area contributed by atoms with E-state index in [1.54, 1.807) is 35.2 Å². The van der Waals surface area contributed by atoms with Crippen molar-refractivity contribution in [1.29, 1.82) is 0 Å². The first-order chi connectivity index (χ1) is 25.3. The van der Waals surface area contributed by atoms with E-state index in [2.05, 4.69) is 15.2 Å². The number of piperidine rings is 1. The third kappa shape index (κ3) is 10.3. The molecule has 3 fully saturated rings. The summed E-state index contributed by atoms with van der Waals surface area (Å²) in [6.07, 6.45) is 7.80. The van der Waals surface area contributed by atoms with Gasteiger partial charge in [0.25, 0.3) is 0 Å². The summed E-state index contributed by atoms with van der Waals surface area (Å²) in [6, 6.07) is 16.3. The number of rotatable bonds is 10. The van der Waals surface area contributed by atoms with Gasteiger partial charge in [0.1, 0.15) is 23.2 Å². The fraction of sp³-hybridized carbons (Fsp3) is 0.525. The molecule has 53 heavy (non-hydrogen) atoms. The van der Waals surface area contributed by atoms with Gasteiger partial charge < -0.3 is 19.7 Å². The number of alkyl carbamates (subject to hydrolysis) is 1. The van der Waals surface area contributed by atoms with Crippen molar-refractivity contribution in [2.24, 2.45) is 5.92 Å². The third-order valence-corrected chi connectivity index (χ3v) is 12.2. The van der Waals surface area contributed by atoms with Crippen LogP contribution in [0.4, 0.5) is 9.18 Å². The molecule has 0 unspecified atom stereocenters. The molecule has 13 heteroatoms. The van der Waals surface area contributed by atoms with Crippen LogP contribution in [0.25, 0.3) is 11.3 Å². The molecule has 1 saturated carbocycles. The molecule has 1 aromatic heterocycles. The Balaban J connectivity index is 1.15. The Morgan fingerprint density at radius 2 is 1.58 bits per heavy atom. The minimum Gasteiger partial charge on any atom is -0.493 e. The lowest BCUT2D eigenvalue weighted by Gasteiger charge is -2.42. The Kier molecular flexibility index (Phi) is 12.4. The number of nitrogens with zero attached hydrogens (tertiary/aromatic N) is 4. The first-order valence-corrected chi connectivity index (χ1v) is 20.2. The molecule has 2 saturated heterocycles. The van der Waals surface area contributed by atoms with Crippen LogP contribution in [0.3, 0.4) is 0 Å². The number of ether oxygens (including phenoxy) is 2. The van der Waals surface area contributed by atoms with E-state index in [-0.39, 0.29) is 29.9 Å². The highest BCUT2D eigenvalue weighted by atomic mass is 32.2. The van der Waals surface area contributed by atoms with Crippen molar-refractivity contribution < 1.29 is 31.9 Å². The fourth-order valence-electron chi connectivity index (χ4n) is 7.38. The summed E-state index contributed by atoms with van der Waals surface area (Å²) in [6.45, 7) is 8.14. The minimum absolute atomic E-state index is 0.124. The molecule has 0 radical (unpaired) electrons. The average Bonchev–Trinajstić information content (AvgIpc) is 3.14. The van der Waals surface area contributed by atoms with E-state index in [1.807, 2.05) is 45.0 Å². The molecule has 3 aromatic rings. The van der Waals surface area contributed by atoms with Crippen LogP contribution in [0, 0.1) is 11.7 Å². The number of amides is 2. The van der Waals surface area contributed by atoms with Crippen LogP contribution < -0.4 is 10.1 Å². The van der Waals surface area contributed by atoms with Gasteiger partial charge in [-0.1, -0.05) is 43.5 Å². The van der Waals surface area contributed by atoms with Gasteiger partial charge in [-0.25, -0.2) is 17.6 Å². The Bertz CT molecular complexity index is 1790. The molecule has 1 atom stereocenters. The number of benzene rings is 2. The highest BCUT2D eigenvalue weighted by Gasteiger charge is 2.42. The van der Waals surface area contributed by atoms with E-state index in [1.165, 1.54) is 35.8 Å². The zero-order valence-corrected chi connectivity index (χ0v) is 31.8. The van der Waals surface area contributed by atoms with E-state index >= 15 is 0 Å². The lowest BCUT2D eigenvalue weighted by atomic mass is 9.90. The second-order valence-electron chi connectivity index (χ2n) is 15.5. The quantitative estimate of drug-likeness (QED) is 0.259. The van der Waals surface area contributed by atoms with Gasteiger partial charge in [-0.3, -0.25) is 14.7 Å². The number of hydrogen-bond acceptors (Lipinski definition) is 8. The van der Waals surface area contributed by atoms with E-state index in [0.717, 1.165) is 24.0 Å². The molecule has 3 heterocycles. The molecule has 6 rings (SSSR count). The number of piperazine rings is 1. The van der Waals surface area contributed by atoms with Gasteiger partial charge in [-0.2, -0.15) is 4.31 Å². The van der Waals surface area contributed by atoms with E-state index in [0.29, 0.717) is 63.0 Å². The first kappa shape index (κ1) is 38.6. The molecule has 1 N–H and O–H groups in total. The van der Waals surface area contributed by atoms with Crippen LogP contribution in [-0.4, -0.2) is 96.5 Å². The molecule has 1 aliphatic carbocycles. The van der Waals surface area contributed by atoms with Gasteiger partial charge in [0.15, 0.2) is 0 Å². The topological polar surface area (TPSA) is 121 Å². The van der Waals surface area contributed by atoms with Gasteiger partial charge >= 0.3 is 6.09 Å². The van der Waals surface area contributed by atoms with Crippen LogP contribution in [0.1, 0.15) is 71.3 Å². The Hall–Kier alpha value is -4.07. The number of pyridine rings is 1. The van der Waals surface area contributed by atoms with Crippen molar-refractivity contribution in [3.05, 3.63) is 78.2 Å². The Morgan fingerprint density at radius 3 is 2.23 bits per heavy atom. The zero-order chi connectivity index (χ0) is 37.6. The average molecular weight is 750 g/mol. The van der Waals surface area contributed by atoms with Crippen LogP contribution in [-0.2, 0) is 26.1 Å². The number of sulfonamides is 1. The lowest BCUT2D eigenvalue weighted by Crippen LogP contribution is -2.61. The molecular weight excluding hydrogens is 698 g/mol. The zero-order valence-electron chi connectivity index (χ0n) is 31.0. The van der Waals surface area contributed by atoms with Gasteiger partial charge in [0.05, 0.1) is 23.4 Å². The minimum atomic E-state index is -4.03. The largest absolute Gasteiger partial charge is 0.493 e. The molecular formula is C40H52FN5O6S. The second-order valence-corrected chi connectivity index (χ2v) is 17.3. The number of aromatic nitrogens is 1. The van der Waals surface area contributed by atoms with Gasteiger partial charge in [0, 0.05) is 50.9 Å². The van der Waals surface area contributed by atoms with Gasteiger partial charge in [-0.05, 0) is 94.3 Å². The number of carbonyl (C=O) groups is 2. The summed E-state index contributed by atoms with van der Waals surface area (Å²) in [7, 11) is -4.03. The molecule has 2 aromatic carbocycles. The summed E-state index contributed by atoms with van der Waals surface area (Å²) in [4.78, 5) is 34.8. The van der Waals surface area contributed by atoms with Crippen LogP contribution in [0.5, 0.6) is 5.75 Å². The van der Waals surface area contributed by atoms with Crippen LogP contribution in [0.15, 0.2) is 71.8 Å². The lowest BCUT2D eigenvalue weighted by molar-refractivity contribution is -0.138. The summed E-state index contributed by atoms with van der Waals surface area (Å²) < 4.78 is 54.7. The molecule has 286 valence electrons. The van der Waals surface area contributed by atoms with E-state index in [9.17, 15) is 22.4 Å². The molecule has 11 nitrogen and oxygen atoms in total. The number of hydrogen-bond donors (Lipinski definition) is 1. The van der Waals surface area contributed by atoms with E-state index in [4.69, 9.17) is 9.47 Å². The molecule has 2 aliphatic heterocycles. The molecule has 0 spiro atoms. The van der Waals surface area contributed by atoms with Crippen molar-refractivity contribution in [1.82, 2.24) is 24.4 Å². The summed E-state index contributed by atoms with van der Waals surface area (Å²) >= 11 is 0. The fourth-order valence-corrected chi connectivity index (χ4v) is 8.95. The van der Waals surface area contributed by atoms with Crippen LogP contribution >= 0.6 is 0 Å². The Labute approximate surface area is 312 Å². The Morgan fingerprint density at radius 1 is 0.887 bits per heavy atom. The maximum absolute atomic E-state index is 14.3. The predicted octanol–water partition coefficient (Wildman–Crippen LogP) is 6.24. The highest BCUT2D eigenvalue weighted by Crippen LogP contribution is 2.29. The predicted molar refractivity (Wildman–Crippen MR) is 200 cm³/mol. The smallest absolute Gasteiger partial charge is 0.407 e. The number of likely N-dealkylation sites (tertiary alicyclic amines) is 1. The van der Waals surface area contributed by atoms with Crippen molar-refractivity contribution in [3.63, 3.8) is 0 Å². The number of nitrogens with one attached hydrogen (secondary N) is 1. The maximum atomic E-state index is 14.3. The van der Waals surface area contributed by atoms with Crippen molar-refractivity contribution >= 4 is 22.0 Å². The summed E-state index contributed by atoms with van der Waals surface area (Å²) in [5.41, 5.74) is 1.90. The van der Waals surface area contributed by atoms with Crippen molar-refractivity contribution in [2.45, 2.75) is 94.8 Å². The van der Waals surface area contributed by atoms with Gasteiger partial charge in [0.2, 0.25) is 15.9 Å².